The van der Waals surface area contributed by atoms with Crippen LogP contribution in [0.25, 0.3) is 10.8 Å². The maximum atomic E-state index is 3.85. The molecule has 0 fully saturated rings. The summed E-state index contributed by atoms with van der Waals surface area (Å²) >= 11 is 0. The van der Waals surface area contributed by atoms with E-state index in [4.69, 9.17) is 0 Å². The van der Waals surface area contributed by atoms with Gasteiger partial charge in [-0.1, -0.05) is 78.9 Å². The van der Waals surface area contributed by atoms with E-state index in [-0.39, 0.29) is 0 Å². The molecule has 0 radical (unpaired) electrons. The Bertz CT molecular complexity index is 1190. The van der Waals surface area contributed by atoms with Crippen LogP contribution in [-0.2, 0) is 6.42 Å². The van der Waals surface area contributed by atoms with Crippen molar-refractivity contribution >= 4 is 22.1 Å². The lowest BCUT2D eigenvalue weighted by Gasteiger charge is -2.37. The summed E-state index contributed by atoms with van der Waals surface area (Å²) in [7, 11) is 0. The topological polar surface area (TPSA) is 15.3 Å². The minimum Gasteiger partial charge on any atom is -0.341 e. The summed E-state index contributed by atoms with van der Waals surface area (Å²) < 4.78 is 0. The highest BCUT2D eigenvalue weighted by Gasteiger charge is 2.26. The quantitative estimate of drug-likeness (QED) is 0.392. The van der Waals surface area contributed by atoms with E-state index < -0.39 is 0 Å². The monoisotopic (exact) mass is 406 g/mol. The van der Waals surface area contributed by atoms with Crippen molar-refractivity contribution in [3.63, 3.8) is 0 Å². The van der Waals surface area contributed by atoms with E-state index in [1.54, 1.807) is 0 Å². The molecule has 0 aromatic heterocycles. The Morgan fingerprint density at radius 1 is 0.839 bits per heavy atom. The van der Waals surface area contributed by atoms with E-state index in [0.717, 1.165) is 19.5 Å². The summed E-state index contributed by atoms with van der Waals surface area (Å²) in [6.45, 7) is 6.54. The molecule has 2 heteroatoms. The highest BCUT2D eigenvalue weighted by Crippen LogP contribution is 2.37. The first-order valence-corrected chi connectivity index (χ1v) is 11.3. The number of nitrogens with one attached hydrogen (secondary N) is 1. The minimum absolute atomic E-state index is 0.315. The molecule has 0 spiro atoms. The Morgan fingerprint density at radius 2 is 1.55 bits per heavy atom. The van der Waals surface area contributed by atoms with Crippen molar-refractivity contribution in [3.05, 3.63) is 108 Å². The van der Waals surface area contributed by atoms with Crippen LogP contribution < -0.4 is 10.2 Å². The minimum atomic E-state index is 0.315. The van der Waals surface area contributed by atoms with Gasteiger partial charge in [-0.3, -0.25) is 0 Å². The molecule has 31 heavy (non-hydrogen) atoms. The number of benzene rings is 4. The second-order valence-corrected chi connectivity index (χ2v) is 8.79. The van der Waals surface area contributed by atoms with Crippen molar-refractivity contribution in [2.45, 2.75) is 26.3 Å². The molecule has 156 valence electrons. The van der Waals surface area contributed by atoms with E-state index in [0.29, 0.717) is 12.0 Å². The molecule has 1 aliphatic rings. The van der Waals surface area contributed by atoms with Crippen LogP contribution in [0.1, 0.15) is 29.7 Å². The van der Waals surface area contributed by atoms with E-state index in [1.807, 2.05) is 0 Å². The van der Waals surface area contributed by atoms with Crippen molar-refractivity contribution in [3.8, 4) is 0 Å². The molecule has 4 aromatic carbocycles. The van der Waals surface area contributed by atoms with Crippen LogP contribution in [0.5, 0.6) is 0 Å². The third kappa shape index (κ3) is 3.96. The molecule has 0 saturated heterocycles. The fourth-order valence-electron chi connectivity index (χ4n) is 4.99. The summed E-state index contributed by atoms with van der Waals surface area (Å²) in [6, 6.07) is 33.3. The van der Waals surface area contributed by atoms with Crippen molar-refractivity contribution < 1.29 is 0 Å². The fourth-order valence-corrected chi connectivity index (χ4v) is 4.99. The van der Waals surface area contributed by atoms with Crippen LogP contribution in [0.3, 0.4) is 0 Å². The average molecular weight is 407 g/mol. The zero-order valence-electron chi connectivity index (χ0n) is 18.4. The molecular weight excluding hydrogens is 376 g/mol. The standard InChI is InChI=1S/C29H30N2/c1-21-10-3-7-16-28(21)31-20-23(18-25-12-5-8-17-29(25)31)19-30-22(2)26-15-9-13-24-11-4-6-14-27(24)26/h3-17,22-23,30H,18-20H2,1-2H3/t22-,23?/m1/s1. The maximum Gasteiger partial charge on any atom is 0.0443 e. The Hall–Kier alpha value is -3.10. The number of aryl methyl sites for hydroxylation is 1. The van der Waals surface area contributed by atoms with Crippen LogP contribution in [0.15, 0.2) is 91.0 Å². The normalized spacial score (nSPS) is 16.8. The third-order valence-electron chi connectivity index (χ3n) is 6.64. The zero-order chi connectivity index (χ0) is 21.2. The van der Waals surface area contributed by atoms with Gasteiger partial charge in [0.1, 0.15) is 0 Å². The van der Waals surface area contributed by atoms with Gasteiger partial charge >= 0.3 is 0 Å². The first kappa shape index (κ1) is 19.8. The third-order valence-corrected chi connectivity index (χ3v) is 6.64. The van der Waals surface area contributed by atoms with E-state index >= 15 is 0 Å². The molecule has 5 rings (SSSR count). The first-order chi connectivity index (χ1) is 15.2. The van der Waals surface area contributed by atoms with Gasteiger partial charge in [-0.2, -0.15) is 0 Å². The Morgan fingerprint density at radius 3 is 2.42 bits per heavy atom. The number of para-hydroxylation sites is 2. The van der Waals surface area contributed by atoms with Gasteiger partial charge in [0.15, 0.2) is 0 Å². The summed E-state index contributed by atoms with van der Waals surface area (Å²) in [5.74, 6) is 0.562. The Labute approximate surface area is 185 Å². The molecule has 1 aliphatic heterocycles. The van der Waals surface area contributed by atoms with Crippen molar-refractivity contribution in [1.29, 1.82) is 0 Å². The number of fused-ring (bicyclic) bond motifs is 2. The zero-order valence-corrected chi connectivity index (χ0v) is 18.4. The van der Waals surface area contributed by atoms with Gasteiger partial charge in [-0.05, 0) is 65.8 Å². The Balaban J connectivity index is 1.37. The second kappa shape index (κ2) is 8.56. The van der Waals surface area contributed by atoms with Crippen molar-refractivity contribution in [2.24, 2.45) is 5.92 Å². The highest BCUT2D eigenvalue weighted by atomic mass is 15.2. The molecule has 2 atom stereocenters. The molecule has 0 amide bonds. The average Bonchev–Trinajstić information content (AvgIpc) is 2.82. The predicted molar refractivity (Wildman–Crippen MR) is 132 cm³/mol. The first-order valence-electron chi connectivity index (χ1n) is 11.3. The van der Waals surface area contributed by atoms with Crippen LogP contribution in [0.4, 0.5) is 11.4 Å². The van der Waals surface area contributed by atoms with E-state index in [9.17, 15) is 0 Å². The van der Waals surface area contributed by atoms with Crippen molar-refractivity contribution in [2.75, 3.05) is 18.0 Å². The summed E-state index contributed by atoms with van der Waals surface area (Å²) in [5.41, 5.74) is 6.83. The second-order valence-electron chi connectivity index (χ2n) is 8.79. The largest absolute Gasteiger partial charge is 0.341 e. The van der Waals surface area contributed by atoms with Gasteiger partial charge in [0, 0.05) is 30.5 Å². The molecule has 4 aromatic rings. The summed E-state index contributed by atoms with van der Waals surface area (Å²) in [6.07, 6.45) is 1.12. The molecule has 2 nitrogen and oxygen atoms in total. The van der Waals surface area contributed by atoms with Crippen LogP contribution in [0.2, 0.25) is 0 Å². The van der Waals surface area contributed by atoms with Crippen LogP contribution in [-0.4, -0.2) is 13.1 Å². The van der Waals surface area contributed by atoms with Crippen LogP contribution in [0, 0.1) is 12.8 Å². The SMILES string of the molecule is Cc1ccccc1N1CC(CN[C@H](C)c2cccc3ccccc23)Cc2ccccc21. The summed E-state index contributed by atoms with van der Waals surface area (Å²) in [4.78, 5) is 2.52. The van der Waals surface area contributed by atoms with Gasteiger partial charge in [-0.25, -0.2) is 0 Å². The molecule has 1 heterocycles. The lowest BCUT2D eigenvalue weighted by molar-refractivity contribution is 0.437. The van der Waals surface area contributed by atoms with E-state index in [2.05, 4.69) is 115 Å². The van der Waals surface area contributed by atoms with Crippen molar-refractivity contribution in [1.82, 2.24) is 5.32 Å². The molecule has 1 unspecified atom stereocenters. The van der Waals surface area contributed by atoms with Gasteiger partial charge in [-0.15, -0.1) is 0 Å². The van der Waals surface area contributed by atoms with Gasteiger partial charge in [0.25, 0.3) is 0 Å². The van der Waals surface area contributed by atoms with Gasteiger partial charge in [0.05, 0.1) is 0 Å². The maximum absolute atomic E-state index is 3.85. The molecule has 0 aliphatic carbocycles. The van der Waals surface area contributed by atoms with Gasteiger partial charge in [0.2, 0.25) is 0 Å². The number of anilines is 2. The summed E-state index contributed by atoms with van der Waals surface area (Å²) in [5, 5.41) is 6.51. The predicted octanol–water partition coefficient (Wildman–Crippen LogP) is 6.81. The lowest BCUT2D eigenvalue weighted by Crippen LogP contribution is -2.38. The fraction of sp³-hybridized carbons (Fsp3) is 0.241. The van der Waals surface area contributed by atoms with Crippen LogP contribution >= 0.6 is 0 Å². The molecule has 0 saturated carbocycles. The highest BCUT2D eigenvalue weighted by molar-refractivity contribution is 5.86. The number of hydrogen-bond donors (Lipinski definition) is 1. The van der Waals surface area contributed by atoms with E-state index in [1.165, 1.54) is 38.8 Å². The Kier molecular flexibility index (Phi) is 5.48. The number of nitrogens with zero attached hydrogens (tertiary/aromatic N) is 1. The molecule has 1 N–H and O–H groups in total. The molecule has 0 bridgehead atoms. The number of rotatable bonds is 5. The number of hydrogen-bond acceptors (Lipinski definition) is 2. The van der Waals surface area contributed by atoms with Gasteiger partial charge < -0.3 is 10.2 Å². The smallest absolute Gasteiger partial charge is 0.0443 e. The molecular formula is C29H30N2. The lowest BCUT2D eigenvalue weighted by atomic mass is 9.91.